The summed E-state index contributed by atoms with van der Waals surface area (Å²) in [7, 11) is 0. The average molecular weight is 1140 g/mol. The fourth-order valence-electron chi connectivity index (χ4n) is 0. The molecule has 144 N–H and O–H groups in total. The van der Waals surface area contributed by atoms with Gasteiger partial charge in [0.15, 0.2) is 0 Å². The van der Waals surface area contributed by atoms with Gasteiger partial charge in [-0.25, -0.2) is 0 Å². The normalized spacial score (nSPS) is 5.17. The first-order valence-electron chi connectivity index (χ1n) is 27.7. The van der Waals surface area contributed by atoms with Gasteiger partial charge in [0.05, 0.1) is 0 Å². The molecule has 0 aliphatic carbocycles. The zero-order valence-electron chi connectivity index (χ0n) is 75.7. The molecule has 48 heteroatoms. The molecule has 0 spiro atoms. The third-order valence-electron chi connectivity index (χ3n) is 0. The Hall–Kier alpha value is -1.92. The van der Waals surface area contributed by atoms with Crippen LogP contribution in [0.4, 0.5) is 0 Å². The molecule has 0 heterocycles. The molecule has 0 radical (unpaired) electrons. The molecule has 65 heavy (non-hydrogen) atoms. The summed E-state index contributed by atoms with van der Waals surface area (Å²) < 4.78 is 252. The summed E-state index contributed by atoms with van der Waals surface area (Å²) in [5.41, 5.74) is 0. The lowest BCUT2D eigenvalue weighted by Gasteiger charge is -0.345. The Kier molecular flexibility index (Phi) is 111000. The maximum Gasteiger partial charge on any atom is 0.115 e. The van der Waals surface area contributed by atoms with Crippen LogP contribution in [0.15, 0.2) is 0 Å². The van der Waals surface area contributed by atoms with Crippen LogP contribution in [0.5, 0.6) is 0 Å². The second-order valence-electron chi connectivity index (χ2n) is 0. The van der Waals surface area contributed by atoms with Gasteiger partial charge >= 0.3 is 0 Å². The minimum absolute atomic E-state index is 0. The van der Waals surface area contributed by atoms with Crippen LogP contribution in [-0.2, 0) is 0 Å². The molecule has 48 nitrogen and oxygen atoms in total. The van der Waals surface area contributed by atoms with Gasteiger partial charge in [-0.3, -0.25) is 0 Å². The van der Waals surface area contributed by atoms with Crippen molar-refractivity contribution in [3.05, 3.63) is 0 Å². The number of hydrogen-bond acceptors (Lipinski definition) is 48. The lowest BCUT2D eigenvalue weighted by Crippen LogP contribution is -0.482. The maximum absolute atomic E-state index is 5.25. The zero-order chi connectivity index (χ0) is 96.0. The van der Waals surface area contributed by atoms with Gasteiger partial charge in [0.2, 0.25) is 0 Å². The van der Waals surface area contributed by atoms with E-state index in [1.54, 1.807) is 0 Å². The van der Waals surface area contributed by atoms with Crippen LogP contribution in [0.2, 0.25) is 67.8 Å². The van der Waals surface area contributed by atoms with Gasteiger partial charge in [0.1, 0.15) is 67.8 Å². The van der Waals surface area contributed by atoms with E-state index in [0.717, 1.165) is 0 Å². The highest BCUT2D eigenvalue weighted by atomic mass is 14.1. The van der Waals surface area contributed by atoms with E-state index in [0.29, 0.717) is 0 Å². The smallest absolute Gasteiger partial charge is 0.115 e. The molecule has 0 unspecified atom stereocenters. The van der Waals surface area contributed by atoms with E-state index in [4.69, 9.17) is 67.8 Å². The first kappa shape index (κ1) is 114. The van der Waals surface area contributed by atoms with Crippen LogP contribution in [0, 0.1) is 0 Å². The third kappa shape index (κ3) is 60800. The molecule has 0 amide bonds. The topological polar surface area (TPSA) is 1680 Å². The molecule has 0 aliphatic heterocycles. The molecule has 0 aromatic rings. The molecule has 0 fully saturated rings. The number of hydrogen-bond donors (Lipinski definition) is 48. The van der Waals surface area contributed by atoms with Crippen LogP contribution < -0.4 is 295 Å². The minimum atomic E-state index is 0. The van der Waals surface area contributed by atoms with Crippen LogP contribution in [0.3, 0.4) is 0 Å². The van der Waals surface area contributed by atoms with E-state index < -0.39 is 0 Å². The Balaban J connectivity index is -0.00000000329. The molecule has 0 saturated heterocycles. The van der Waals surface area contributed by atoms with Crippen molar-refractivity contribution in [2.24, 2.45) is 0 Å². The predicted octanol–water partition coefficient (Wildman–Crippen LogP) is 18.6. The quantitative estimate of drug-likeness (QED) is 0.107. The van der Waals surface area contributed by atoms with Crippen molar-refractivity contribution in [3.63, 3.8) is 0 Å². The molecule has 0 atom stereocenters. The third-order valence-corrected chi connectivity index (χ3v) is 0. The van der Waals surface area contributed by atoms with Crippen molar-refractivity contribution in [2.75, 3.05) is 0 Å². The van der Waals surface area contributed by atoms with Gasteiger partial charge in [-0.2, -0.15) is 0 Å². The fourth-order valence-corrected chi connectivity index (χ4v) is 0. The van der Waals surface area contributed by atoms with Gasteiger partial charge < -0.3 is 295 Å². The molecular weight excluding hydrogens is 877 g/mol. The summed E-state index contributed by atoms with van der Waals surface area (Å²) in [5, 5.41) is 0. The lowest BCUT2D eigenvalue weighted by atomic mass is 12.0. The first-order chi connectivity index (χ1) is 48.0. The second-order valence-corrected chi connectivity index (χ2v) is 0. The summed E-state index contributed by atoms with van der Waals surface area (Å²) in [5.74, 6) is 0. The predicted molar refractivity (Wildman–Crippen MR) is 355 cm³/mol. The van der Waals surface area contributed by atoms with E-state index in [9.17, 15) is 0 Å². The van der Waals surface area contributed by atoms with Crippen LogP contribution >= 0.6 is 0 Å². The molecule has 520 valence electrons. The minimum Gasteiger partial charge on any atom is -0.344 e. The maximum atomic E-state index is 5.25. The van der Waals surface area contributed by atoms with Gasteiger partial charge in [0, 0.05) is 0 Å². The average Bonchev–Trinajstić information content (AvgIpc) is 3.84. The van der Waals surface area contributed by atoms with E-state index in [1.807, 2.05) is 0 Å². The van der Waals surface area contributed by atoms with Gasteiger partial charge in [-0.15, -0.1) is 0 Å². The standard InChI is InChI=1S/17CH4.48H3N/h17*1H4;48*1H3/i/hD48. The van der Waals surface area contributed by atoms with E-state index >= 15 is 0 Å². The second kappa shape index (κ2) is 62800. The van der Waals surface area contributed by atoms with Crippen molar-refractivity contribution in [3.8, 4) is 0 Å². The van der Waals surface area contributed by atoms with E-state index in [-0.39, 0.29) is 126 Å². The van der Waals surface area contributed by atoms with Crippen LogP contribution in [-0.4, -0.2) is 0 Å². The summed E-state index contributed by atoms with van der Waals surface area (Å²) in [6.07, 6.45) is 180. The molecule has 0 aromatic heterocycles. The lowest BCUT2D eigenvalue weighted by molar-refractivity contribution is 2.13. The molecule has 0 saturated carbocycles. The summed E-state index contributed by atoms with van der Waals surface area (Å²) in [6, 6.07) is 0. The van der Waals surface area contributed by atoms with E-state index in [2.05, 4.69) is 295 Å². The van der Waals surface area contributed by atoms with Gasteiger partial charge in [-0.05, 0) is 0 Å². The Morgan fingerprint density at radius 1 is 0.0615 bits per heavy atom. The molecular formula is C17H212N48. The molecule has 0 rings (SSSR count). The Morgan fingerprint density at radius 3 is 0.0615 bits per heavy atom. The summed E-state index contributed by atoms with van der Waals surface area (Å²) in [4.78, 5) is 0. The molecule has 0 bridgehead atoms. The van der Waals surface area contributed by atoms with Crippen molar-refractivity contribution in [1.29, 1.82) is 0 Å². The van der Waals surface area contributed by atoms with Gasteiger partial charge in [-0.1, -0.05) is 126 Å². The zero-order valence-corrected chi connectivity index (χ0v) is 27.7. The van der Waals surface area contributed by atoms with Gasteiger partial charge in [0.25, 0.3) is 0 Å². The summed E-state index contributed by atoms with van der Waals surface area (Å²) in [6.45, 7) is 0. The fraction of sp³-hybridized carbons (Fsp3) is 1.00. The first-order valence-corrected chi connectivity index (χ1v) is 0. The number of rotatable bonds is 0. The van der Waals surface area contributed by atoms with Crippen molar-refractivity contribution in [2.45, 2.75) is 126 Å². The van der Waals surface area contributed by atoms with Crippen LogP contribution in [0.1, 0.15) is 126 Å². The van der Waals surface area contributed by atoms with E-state index in [1.165, 1.54) is 0 Å². The molecule has 0 aliphatic rings. The Bertz CT molecular complexity index is 165. The van der Waals surface area contributed by atoms with Crippen molar-refractivity contribution >= 4 is 0 Å². The Morgan fingerprint density at radius 2 is 0.0615 bits per heavy atom. The monoisotopic (exact) mass is 1140 g/mol. The van der Waals surface area contributed by atoms with Crippen molar-refractivity contribution < 1.29 is 67.8 Å². The molecule has 0 aromatic carbocycles. The summed E-state index contributed by atoms with van der Waals surface area (Å²) >= 11 is 0. The Labute approximate surface area is 491 Å². The SMILES string of the molecule is C.C.C.C.C.C.C.C.C.C.C.C.C.C.C.C.C.[2H]N.[2H]N.[2H]N.[2H]N.[2H]N.[2H]N.[2H]N.[2H]N.[2H]N.[2H]N.[2H]N.[2H]N.[2H]N.[2H]N.[2H]N.[2H]N.[2H]N.[2H]N.[2H]N.[2H]N.[2H]N.[2H]N.[2H]N.[2H]N.[2H]N.[2H]N.[2H]N.[2H]N.[2H]N.[2H]N.[2H]N.[2H]N.[2H]N.[2H]N.[2H]N.[2H]N.[2H]N.[2H]N.[2H]N.[2H]N.[2H]N.[2H]N.[2H]N.[2H]N.[2H]N.[2H]N.[2H]N.[2H]N. The van der Waals surface area contributed by atoms with Crippen molar-refractivity contribution in [1.82, 2.24) is 295 Å². The highest BCUT2D eigenvalue weighted by molar-refractivity contribution is 2.52. The highest BCUT2D eigenvalue weighted by Gasteiger charge is -0.0581. The van der Waals surface area contributed by atoms with Crippen LogP contribution in [0.25, 0.3) is 0 Å². The largest absolute Gasteiger partial charge is 0.344 e. The highest BCUT2D eigenvalue weighted by Crippen LogP contribution is 0.161.